The van der Waals surface area contributed by atoms with Crippen LogP contribution in [0.4, 0.5) is 5.69 Å². The molecule has 0 unspecified atom stereocenters. The van der Waals surface area contributed by atoms with Gasteiger partial charge in [0.05, 0.1) is 4.92 Å². The number of H-pyrrole nitrogens is 2. The highest BCUT2D eigenvalue weighted by Crippen LogP contribution is 2.36. The zero-order valence-electron chi connectivity index (χ0n) is 13.2. The highest BCUT2D eigenvalue weighted by molar-refractivity contribution is 6.05. The summed E-state index contributed by atoms with van der Waals surface area (Å²) in [7, 11) is 0. The van der Waals surface area contributed by atoms with E-state index in [0.29, 0.717) is 5.75 Å². The molecule has 25 heavy (non-hydrogen) atoms. The molecule has 0 saturated heterocycles. The van der Waals surface area contributed by atoms with Gasteiger partial charge in [-0.15, -0.1) is 0 Å². The fourth-order valence-electron chi connectivity index (χ4n) is 3.00. The van der Waals surface area contributed by atoms with E-state index in [4.69, 9.17) is 4.74 Å². The van der Waals surface area contributed by atoms with E-state index < -0.39 is 4.92 Å². The topological polar surface area (TPSA) is 101 Å². The summed E-state index contributed by atoms with van der Waals surface area (Å²) >= 11 is 0. The van der Waals surface area contributed by atoms with Gasteiger partial charge in [0, 0.05) is 64.4 Å². The first-order valence-electron chi connectivity index (χ1n) is 7.58. The molecule has 124 valence electrons. The first-order valence-corrected chi connectivity index (χ1v) is 7.58. The Labute approximate surface area is 141 Å². The molecule has 0 bridgehead atoms. The Morgan fingerprint density at radius 1 is 1.00 bits per heavy atom. The van der Waals surface area contributed by atoms with Gasteiger partial charge in [-0.05, 0) is 24.3 Å². The fraction of sp³-hybridized carbons (Fsp3) is 0.0556. The van der Waals surface area contributed by atoms with Gasteiger partial charge in [0.25, 0.3) is 5.69 Å². The van der Waals surface area contributed by atoms with E-state index in [-0.39, 0.29) is 11.7 Å². The first kappa shape index (κ1) is 14.9. The maximum Gasteiger partial charge on any atom is 0.308 e. The van der Waals surface area contributed by atoms with Crippen LogP contribution in [0.5, 0.6) is 5.75 Å². The van der Waals surface area contributed by atoms with Crippen LogP contribution in [0.3, 0.4) is 0 Å². The molecule has 4 rings (SSSR count). The third-order valence-corrected chi connectivity index (χ3v) is 4.08. The van der Waals surface area contributed by atoms with Crippen molar-refractivity contribution in [2.24, 2.45) is 0 Å². The molecule has 2 aromatic carbocycles. The minimum Gasteiger partial charge on any atom is -0.427 e. The highest BCUT2D eigenvalue weighted by Gasteiger charge is 2.15. The number of aromatic amines is 2. The van der Waals surface area contributed by atoms with Crippen LogP contribution in [0.2, 0.25) is 0 Å². The van der Waals surface area contributed by atoms with Crippen molar-refractivity contribution in [3.8, 4) is 16.9 Å². The van der Waals surface area contributed by atoms with Crippen molar-refractivity contribution >= 4 is 33.5 Å². The second-order valence-electron chi connectivity index (χ2n) is 5.69. The predicted molar refractivity (Wildman–Crippen MR) is 93.6 cm³/mol. The first-order chi connectivity index (χ1) is 12.0. The smallest absolute Gasteiger partial charge is 0.308 e. The number of carbonyl (C=O) groups excluding carboxylic acids is 1. The lowest BCUT2D eigenvalue weighted by Gasteiger charge is -2.03. The molecule has 4 aromatic rings. The number of nitro benzene ring substituents is 1. The van der Waals surface area contributed by atoms with Gasteiger partial charge in [0.15, 0.2) is 0 Å². The largest absolute Gasteiger partial charge is 0.427 e. The summed E-state index contributed by atoms with van der Waals surface area (Å²) < 4.78 is 5.15. The van der Waals surface area contributed by atoms with Crippen molar-refractivity contribution < 1.29 is 14.5 Å². The van der Waals surface area contributed by atoms with Crippen LogP contribution in [0.15, 0.2) is 48.8 Å². The average molecular weight is 335 g/mol. The van der Waals surface area contributed by atoms with Gasteiger partial charge in [-0.3, -0.25) is 14.9 Å². The van der Waals surface area contributed by atoms with Gasteiger partial charge in [-0.1, -0.05) is 0 Å². The third kappa shape index (κ3) is 2.51. The molecule has 7 nitrogen and oxygen atoms in total. The van der Waals surface area contributed by atoms with Crippen LogP contribution in [-0.2, 0) is 4.79 Å². The molecule has 0 aliphatic rings. The van der Waals surface area contributed by atoms with Crippen molar-refractivity contribution in [2.45, 2.75) is 6.92 Å². The van der Waals surface area contributed by atoms with Crippen LogP contribution >= 0.6 is 0 Å². The molecule has 0 atom stereocenters. The number of non-ortho nitro benzene ring substituents is 1. The zero-order chi connectivity index (χ0) is 17.6. The lowest BCUT2D eigenvalue weighted by molar-refractivity contribution is -0.384. The fourth-order valence-corrected chi connectivity index (χ4v) is 3.00. The zero-order valence-corrected chi connectivity index (χ0v) is 13.2. The summed E-state index contributed by atoms with van der Waals surface area (Å²) in [5.74, 6) is 0.0610. The Bertz CT molecular complexity index is 1140. The number of rotatable bonds is 3. The Balaban J connectivity index is 1.92. The average Bonchev–Trinajstić information content (AvgIpc) is 3.16. The predicted octanol–water partition coefficient (Wildman–Crippen LogP) is 4.15. The molecule has 0 spiro atoms. The van der Waals surface area contributed by atoms with Crippen LogP contribution in [0.1, 0.15) is 6.92 Å². The number of hydrogen-bond acceptors (Lipinski definition) is 4. The van der Waals surface area contributed by atoms with E-state index in [0.717, 1.165) is 32.9 Å². The summed E-state index contributed by atoms with van der Waals surface area (Å²) in [5, 5.41) is 12.7. The number of carbonyl (C=O) groups is 1. The van der Waals surface area contributed by atoms with Crippen molar-refractivity contribution in [1.29, 1.82) is 0 Å². The van der Waals surface area contributed by atoms with Crippen LogP contribution in [-0.4, -0.2) is 20.9 Å². The Kier molecular flexibility index (Phi) is 3.28. The Morgan fingerprint density at radius 3 is 2.20 bits per heavy atom. The van der Waals surface area contributed by atoms with Crippen LogP contribution in [0, 0.1) is 10.1 Å². The summed E-state index contributed by atoms with van der Waals surface area (Å²) in [5.41, 5.74) is 3.44. The number of hydrogen-bond donors (Lipinski definition) is 2. The number of nitrogens with one attached hydrogen (secondary N) is 2. The number of fused-ring (bicyclic) bond motifs is 2. The standard InChI is InChI=1S/C18H13N3O4/c1-10(22)25-12-3-5-18-14(7-12)16(9-20-18)15-8-19-17-4-2-11(21(23)24)6-13(15)17/h2-9,19-20H,1H3. The quantitative estimate of drug-likeness (QED) is 0.254. The normalized spacial score (nSPS) is 11.1. The molecule has 0 aliphatic heterocycles. The molecule has 0 radical (unpaired) electrons. The number of ether oxygens (including phenoxy) is 1. The number of benzene rings is 2. The molecule has 0 aliphatic carbocycles. The monoisotopic (exact) mass is 335 g/mol. The maximum atomic E-state index is 11.2. The van der Waals surface area contributed by atoms with Gasteiger partial charge >= 0.3 is 5.97 Å². The highest BCUT2D eigenvalue weighted by atomic mass is 16.6. The Morgan fingerprint density at radius 2 is 1.60 bits per heavy atom. The lowest BCUT2D eigenvalue weighted by Crippen LogP contribution is -2.00. The van der Waals surface area contributed by atoms with Crippen molar-refractivity contribution in [3.05, 3.63) is 58.9 Å². The summed E-state index contributed by atoms with van der Waals surface area (Å²) in [6.45, 7) is 1.35. The molecule has 2 heterocycles. The van der Waals surface area contributed by atoms with Gasteiger partial charge in [-0.25, -0.2) is 0 Å². The molecular weight excluding hydrogens is 322 g/mol. The number of aromatic nitrogens is 2. The molecule has 2 aromatic heterocycles. The summed E-state index contributed by atoms with van der Waals surface area (Å²) in [4.78, 5) is 28.1. The van der Waals surface area contributed by atoms with Crippen molar-refractivity contribution in [1.82, 2.24) is 9.97 Å². The second-order valence-corrected chi connectivity index (χ2v) is 5.69. The molecule has 0 fully saturated rings. The molecule has 0 amide bonds. The Hall–Kier alpha value is -3.61. The summed E-state index contributed by atoms with van der Waals surface area (Å²) in [6.07, 6.45) is 3.65. The van der Waals surface area contributed by atoms with Gasteiger partial charge in [0.1, 0.15) is 5.75 Å². The van der Waals surface area contributed by atoms with E-state index in [1.54, 1.807) is 24.3 Å². The van der Waals surface area contributed by atoms with E-state index in [1.165, 1.54) is 13.0 Å². The lowest BCUT2D eigenvalue weighted by atomic mass is 10.0. The van der Waals surface area contributed by atoms with E-state index in [2.05, 4.69) is 9.97 Å². The number of esters is 1. The summed E-state index contributed by atoms with van der Waals surface area (Å²) in [6, 6.07) is 10.0. The molecule has 7 heteroatoms. The third-order valence-electron chi connectivity index (χ3n) is 4.08. The van der Waals surface area contributed by atoms with E-state index in [1.807, 2.05) is 18.5 Å². The van der Waals surface area contributed by atoms with Crippen molar-refractivity contribution in [3.63, 3.8) is 0 Å². The van der Waals surface area contributed by atoms with Gasteiger partial charge in [-0.2, -0.15) is 0 Å². The second kappa shape index (κ2) is 5.48. The molecule has 0 saturated carbocycles. The van der Waals surface area contributed by atoms with Crippen LogP contribution < -0.4 is 4.74 Å². The molecule has 2 N–H and O–H groups in total. The van der Waals surface area contributed by atoms with Gasteiger partial charge in [0.2, 0.25) is 0 Å². The van der Waals surface area contributed by atoms with E-state index >= 15 is 0 Å². The molecular formula is C18H13N3O4. The minimum atomic E-state index is -0.412. The minimum absolute atomic E-state index is 0.0359. The van der Waals surface area contributed by atoms with Crippen molar-refractivity contribution in [2.75, 3.05) is 0 Å². The number of nitro groups is 1. The number of nitrogens with zero attached hydrogens (tertiary/aromatic N) is 1. The SMILES string of the molecule is CC(=O)Oc1ccc2[nH]cc(-c3c[nH]c4ccc([N+](=O)[O-])cc34)c2c1. The van der Waals surface area contributed by atoms with Crippen LogP contribution in [0.25, 0.3) is 32.9 Å². The maximum absolute atomic E-state index is 11.2. The van der Waals surface area contributed by atoms with E-state index in [9.17, 15) is 14.9 Å². The van der Waals surface area contributed by atoms with Gasteiger partial charge < -0.3 is 14.7 Å².